The first-order valence-corrected chi connectivity index (χ1v) is 4.81. The van der Waals surface area contributed by atoms with Crippen LogP contribution in [0.3, 0.4) is 0 Å². The van der Waals surface area contributed by atoms with E-state index < -0.39 is 0 Å². The molecule has 4 nitrogen and oxygen atoms in total. The average Bonchev–Trinajstić information content (AvgIpc) is 2.44. The highest BCUT2D eigenvalue weighted by molar-refractivity contribution is 5.03. The van der Waals surface area contributed by atoms with Gasteiger partial charge in [-0.05, 0) is 25.8 Å². The van der Waals surface area contributed by atoms with Crippen LogP contribution < -0.4 is 5.73 Å². The topological polar surface area (TPSA) is 53.1 Å². The highest BCUT2D eigenvalue weighted by atomic mass is 16.5. The van der Waals surface area contributed by atoms with Gasteiger partial charge in [-0.2, -0.15) is 5.10 Å². The summed E-state index contributed by atoms with van der Waals surface area (Å²) >= 11 is 0. The molecule has 2 N–H and O–H groups in total. The molecule has 0 saturated heterocycles. The van der Waals surface area contributed by atoms with Crippen molar-refractivity contribution in [3.63, 3.8) is 0 Å². The Hall–Kier alpha value is -0.870. The van der Waals surface area contributed by atoms with Crippen LogP contribution in [0.15, 0.2) is 12.4 Å². The van der Waals surface area contributed by atoms with Crippen LogP contribution in [0, 0.1) is 0 Å². The van der Waals surface area contributed by atoms with E-state index >= 15 is 0 Å². The molecular formula is C10H19N3O. The van der Waals surface area contributed by atoms with Crippen molar-refractivity contribution in [3.8, 4) is 0 Å². The van der Waals surface area contributed by atoms with Crippen LogP contribution in [-0.2, 0) is 18.2 Å². The second-order valence-corrected chi connectivity index (χ2v) is 4.31. The fourth-order valence-corrected chi connectivity index (χ4v) is 1.13. The monoisotopic (exact) mass is 197 g/mol. The summed E-state index contributed by atoms with van der Waals surface area (Å²) in [5, 5.41) is 4.08. The maximum absolute atomic E-state index is 5.78. The van der Waals surface area contributed by atoms with Crippen molar-refractivity contribution < 1.29 is 4.74 Å². The molecular weight excluding hydrogens is 178 g/mol. The van der Waals surface area contributed by atoms with Gasteiger partial charge in [0.15, 0.2) is 0 Å². The third-order valence-corrected chi connectivity index (χ3v) is 1.77. The third-order valence-electron chi connectivity index (χ3n) is 1.77. The van der Waals surface area contributed by atoms with Gasteiger partial charge in [0, 0.05) is 18.8 Å². The van der Waals surface area contributed by atoms with Crippen molar-refractivity contribution in [1.82, 2.24) is 9.78 Å². The van der Waals surface area contributed by atoms with Gasteiger partial charge in [0.25, 0.3) is 0 Å². The first-order valence-electron chi connectivity index (χ1n) is 4.81. The smallest absolute Gasteiger partial charge is 0.0640 e. The van der Waals surface area contributed by atoms with Gasteiger partial charge in [-0.3, -0.25) is 4.68 Å². The number of rotatable bonds is 5. The SMILES string of the molecule is Cn1cc(CCOCC(C)(C)N)cn1. The number of aromatic nitrogens is 2. The molecule has 0 radical (unpaired) electrons. The lowest BCUT2D eigenvalue weighted by atomic mass is 10.1. The zero-order valence-electron chi connectivity index (χ0n) is 9.16. The summed E-state index contributed by atoms with van der Waals surface area (Å²) in [6.07, 6.45) is 4.75. The van der Waals surface area contributed by atoms with Crippen molar-refractivity contribution in [1.29, 1.82) is 0 Å². The molecule has 0 unspecified atom stereocenters. The molecule has 0 aliphatic heterocycles. The van der Waals surface area contributed by atoms with E-state index in [2.05, 4.69) is 5.10 Å². The van der Waals surface area contributed by atoms with E-state index in [0.29, 0.717) is 13.2 Å². The molecule has 4 heteroatoms. The molecule has 0 aliphatic carbocycles. The molecule has 1 rings (SSSR count). The molecule has 80 valence electrons. The quantitative estimate of drug-likeness (QED) is 0.707. The molecule has 0 atom stereocenters. The van der Waals surface area contributed by atoms with Gasteiger partial charge in [-0.25, -0.2) is 0 Å². The second kappa shape index (κ2) is 4.57. The minimum atomic E-state index is -0.241. The van der Waals surface area contributed by atoms with Crippen LogP contribution in [0.5, 0.6) is 0 Å². The van der Waals surface area contributed by atoms with Crippen LogP contribution in [-0.4, -0.2) is 28.5 Å². The summed E-state index contributed by atoms with van der Waals surface area (Å²) in [5.41, 5.74) is 6.73. The van der Waals surface area contributed by atoms with Gasteiger partial charge in [0.2, 0.25) is 0 Å². The van der Waals surface area contributed by atoms with E-state index in [9.17, 15) is 0 Å². The lowest BCUT2D eigenvalue weighted by Crippen LogP contribution is -2.37. The van der Waals surface area contributed by atoms with Crippen molar-refractivity contribution in [2.45, 2.75) is 25.8 Å². The van der Waals surface area contributed by atoms with Crippen LogP contribution >= 0.6 is 0 Å². The summed E-state index contributed by atoms with van der Waals surface area (Å²) in [7, 11) is 1.91. The number of nitrogens with zero attached hydrogens (tertiary/aromatic N) is 2. The van der Waals surface area contributed by atoms with E-state index in [1.807, 2.05) is 33.3 Å². The van der Waals surface area contributed by atoms with Gasteiger partial charge in [-0.1, -0.05) is 0 Å². The molecule has 0 spiro atoms. The molecule has 1 aromatic heterocycles. The number of ether oxygens (including phenoxy) is 1. The summed E-state index contributed by atoms with van der Waals surface area (Å²) in [4.78, 5) is 0. The highest BCUT2D eigenvalue weighted by Crippen LogP contribution is 2.00. The van der Waals surface area contributed by atoms with Crippen LogP contribution in [0.25, 0.3) is 0 Å². The molecule has 0 aliphatic rings. The normalized spacial score (nSPS) is 12.0. The average molecular weight is 197 g/mol. The molecule has 0 amide bonds. The Bertz CT molecular complexity index is 275. The predicted octanol–water partition coefficient (Wildman–Crippen LogP) is 0.716. The lowest BCUT2D eigenvalue weighted by Gasteiger charge is -2.17. The summed E-state index contributed by atoms with van der Waals surface area (Å²) in [6.45, 7) is 5.20. The first kappa shape index (κ1) is 11.2. The van der Waals surface area contributed by atoms with Gasteiger partial charge in [0.05, 0.1) is 19.4 Å². The van der Waals surface area contributed by atoms with Gasteiger partial charge < -0.3 is 10.5 Å². The number of aryl methyl sites for hydroxylation is 1. The highest BCUT2D eigenvalue weighted by Gasteiger charge is 2.09. The van der Waals surface area contributed by atoms with Crippen LogP contribution in [0.2, 0.25) is 0 Å². The molecule has 14 heavy (non-hydrogen) atoms. The molecule has 1 heterocycles. The molecule has 1 aromatic rings. The Morgan fingerprint density at radius 2 is 2.29 bits per heavy atom. The van der Waals surface area contributed by atoms with E-state index in [0.717, 1.165) is 6.42 Å². The predicted molar refractivity (Wildman–Crippen MR) is 56.0 cm³/mol. The summed E-state index contributed by atoms with van der Waals surface area (Å²) in [5.74, 6) is 0. The molecule has 0 bridgehead atoms. The maximum Gasteiger partial charge on any atom is 0.0640 e. The fraction of sp³-hybridized carbons (Fsp3) is 0.700. The lowest BCUT2D eigenvalue weighted by molar-refractivity contribution is 0.0997. The number of hydrogen-bond donors (Lipinski definition) is 1. The molecule has 0 aromatic carbocycles. The Balaban J connectivity index is 2.16. The van der Waals surface area contributed by atoms with E-state index in [1.165, 1.54) is 5.56 Å². The van der Waals surface area contributed by atoms with Crippen molar-refractivity contribution in [2.75, 3.05) is 13.2 Å². The molecule has 0 fully saturated rings. The largest absolute Gasteiger partial charge is 0.379 e. The first-order chi connectivity index (χ1) is 6.47. The Labute approximate surface area is 85.0 Å². The van der Waals surface area contributed by atoms with Gasteiger partial charge in [0.1, 0.15) is 0 Å². The standard InChI is InChI=1S/C10H19N3O/c1-10(2,11)8-14-5-4-9-6-12-13(3)7-9/h6-7H,4-5,8,11H2,1-3H3. The Kier molecular flexibility index (Phi) is 3.66. The number of nitrogens with two attached hydrogens (primary N) is 1. The number of hydrogen-bond acceptors (Lipinski definition) is 3. The Morgan fingerprint density at radius 1 is 1.57 bits per heavy atom. The minimum Gasteiger partial charge on any atom is -0.379 e. The van der Waals surface area contributed by atoms with Crippen molar-refractivity contribution >= 4 is 0 Å². The third kappa shape index (κ3) is 4.39. The summed E-state index contributed by atoms with van der Waals surface area (Å²) in [6, 6.07) is 0. The van der Waals surface area contributed by atoms with E-state index in [-0.39, 0.29) is 5.54 Å². The van der Waals surface area contributed by atoms with E-state index in [4.69, 9.17) is 10.5 Å². The second-order valence-electron chi connectivity index (χ2n) is 4.31. The zero-order chi connectivity index (χ0) is 10.6. The van der Waals surface area contributed by atoms with Crippen LogP contribution in [0.4, 0.5) is 0 Å². The maximum atomic E-state index is 5.78. The van der Waals surface area contributed by atoms with Gasteiger partial charge >= 0.3 is 0 Å². The summed E-state index contributed by atoms with van der Waals surface area (Å²) < 4.78 is 7.24. The van der Waals surface area contributed by atoms with Crippen LogP contribution in [0.1, 0.15) is 19.4 Å². The van der Waals surface area contributed by atoms with Crippen molar-refractivity contribution in [3.05, 3.63) is 18.0 Å². The minimum absolute atomic E-state index is 0.241. The Morgan fingerprint density at radius 3 is 2.79 bits per heavy atom. The van der Waals surface area contributed by atoms with Gasteiger partial charge in [-0.15, -0.1) is 0 Å². The molecule has 0 saturated carbocycles. The van der Waals surface area contributed by atoms with Crippen molar-refractivity contribution in [2.24, 2.45) is 12.8 Å². The fourth-order valence-electron chi connectivity index (χ4n) is 1.13. The zero-order valence-corrected chi connectivity index (χ0v) is 9.16. The van der Waals surface area contributed by atoms with E-state index in [1.54, 1.807) is 4.68 Å².